The van der Waals surface area contributed by atoms with E-state index in [1.165, 1.54) is 37.3 Å². The highest BCUT2D eigenvalue weighted by Crippen LogP contribution is 2.46. The Kier molecular flexibility index (Phi) is 7.77. The molecule has 0 aliphatic rings. The van der Waals surface area contributed by atoms with Crippen LogP contribution in [0.2, 0.25) is 0 Å². The summed E-state index contributed by atoms with van der Waals surface area (Å²) in [7, 11) is 1.35. The molecule has 0 aliphatic carbocycles. The lowest BCUT2D eigenvalue weighted by atomic mass is 9.92. The molecule has 1 aromatic heterocycles. The molecule has 0 saturated heterocycles. The van der Waals surface area contributed by atoms with Crippen molar-refractivity contribution in [1.82, 2.24) is 3.97 Å². The van der Waals surface area contributed by atoms with Crippen LogP contribution in [0, 0.1) is 36.8 Å². The number of aromatic nitrogens is 1. The highest BCUT2D eigenvalue weighted by Gasteiger charge is 2.25. The van der Waals surface area contributed by atoms with E-state index < -0.39 is 17.6 Å². The van der Waals surface area contributed by atoms with Crippen LogP contribution in [-0.2, 0) is 4.74 Å². The number of ether oxygens (including phenoxy) is 1. The Morgan fingerprint density at radius 3 is 2.32 bits per heavy atom. The van der Waals surface area contributed by atoms with Crippen LogP contribution >= 0.6 is 11.9 Å². The molecule has 0 unspecified atom stereocenters. The summed E-state index contributed by atoms with van der Waals surface area (Å²) in [6, 6.07) is 32.5. The number of halogens is 2. The van der Waals surface area contributed by atoms with E-state index in [9.17, 15) is 14.4 Å². The molecule has 0 spiro atoms. The van der Waals surface area contributed by atoms with Gasteiger partial charge in [0.2, 0.25) is 0 Å². The van der Waals surface area contributed by atoms with Gasteiger partial charge in [-0.3, -0.25) is 3.97 Å². The average Bonchev–Trinajstić information content (AvgIpc) is 3.34. The van der Waals surface area contributed by atoms with Gasteiger partial charge in [-0.2, -0.15) is 5.26 Å². The van der Waals surface area contributed by atoms with Crippen LogP contribution in [0.5, 0.6) is 0 Å². The Hall–Kier alpha value is -5.19. The third-order valence-electron chi connectivity index (χ3n) is 7.59. The van der Waals surface area contributed by atoms with Gasteiger partial charge in [0.1, 0.15) is 17.7 Å². The van der Waals surface area contributed by atoms with Crippen molar-refractivity contribution in [1.29, 1.82) is 5.26 Å². The molecule has 6 rings (SSSR count). The Morgan fingerprint density at radius 2 is 1.59 bits per heavy atom. The van der Waals surface area contributed by atoms with Crippen molar-refractivity contribution in [3.05, 3.63) is 137 Å². The zero-order chi connectivity index (χ0) is 31.0. The van der Waals surface area contributed by atoms with Crippen molar-refractivity contribution >= 4 is 28.8 Å². The molecule has 0 radical (unpaired) electrons. The average molecular weight is 601 g/mol. The normalized spacial score (nSPS) is 11.0. The lowest BCUT2D eigenvalue weighted by molar-refractivity contribution is 0.0600. The largest absolute Gasteiger partial charge is 0.465 e. The van der Waals surface area contributed by atoms with Gasteiger partial charge in [0.15, 0.2) is 0 Å². The lowest BCUT2D eigenvalue weighted by Gasteiger charge is -2.15. The standard InChI is InChI=1S/C37H26F2N2O2S/c1-22-10-14-28(15-11-22)44-41-34-17-13-27(38)20-31(34)35(30-8-5-9-33(39)32(30)21-40)36(41)25-7-4-6-24(19-25)29-16-12-26(18-23(29)2)37(42)43-3/h4-20H,1-3H3. The Morgan fingerprint density at radius 1 is 0.841 bits per heavy atom. The van der Waals surface area contributed by atoms with E-state index in [1.54, 1.807) is 30.3 Å². The molecule has 0 fully saturated rings. The minimum Gasteiger partial charge on any atom is -0.465 e. The fraction of sp³-hybridized carbons (Fsp3) is 0.0811. The van der Waals surface area contributed by atoms with Crippen LogP contribution in [0.3, 0.4) is 0 Å². The second-order valence-electron chi connectivity index (χ2n) is 10.5. The van der Waals surface area contributed by atoms with E-state index in [0.29, 0.717) is 27.8 Å². The van der Waals surface area contributed by atoms with Crippen LogP contribution in [0.15, 0.2) is 108 Å². The quantitative estimate of drug-likeness (QED) is 0.179. The predicted octanol–water partition coefficient (Wildman–Crippen LogP) is 9.75. The Bertz CT molecular complexity index is 2110. The number of carbonyl (C=O) groups is 1. The topological polar surface area (TPSA) is 55.0 Å². The van der Waals surface area contributed by atoms with E-state index in [0.717, 1.165) is 38.2 Å². The van der Waals surface area contributed by atoms with Gasteiger partial charge in [-0.05, 0) is 97.1 Å². The van der Waals surface area contributed by atoms with Gasteiger partial charge in [0.05, 0.1) is 29.4 Å². The Balaban J connectivity index is 1.65. The number of hydrogen-bond donors (Lipinski definition) is 0. The van der Waals surface area contributed by atoms with E-state index >= 15 is 4.39 Å². The first-order valence-electron chi connectivity index (χ1n) is 13.9. The summed E-state index contributed by atoms with van der Waals surface area (Å²) < 4.78 is 36.8. The molecule has 5 aromatic carbocycles. The van der Waals surface area contributed by atoms with Crippen molar-refractivity contribution in [3.63, 3.8) is 0 Å². The highest BCUT2D eigenvalue weighted by atomic mass is 32.2. The second-order valence-corrected chi connectivity index (χ2v) is 11.5. The third kappa shape index (κ3) is 5.25. The molecule has 7 heteroatoms. The molecule has 0 bridgehead atoms. The maximum Gasteiger partial charge on any atom is 0.337 e. The van der Waals surface area contributed by atoms with Crippen LogP contribution in [0.4, 0.5) is 8.78 Å². The van der Waals surface area contributed by atoms with E-state index in [4.69, 9.17) is 4.74 Å². The maximum atomic E-state index is 15.0. The minimum atomic E-state index is -0.644. The van der Waals surface area contributed by atoms with Crippen LogP contribution in [-0.4, -0.2) is 17.1 Å². The molecule has 1 heterocycles. The van der Waals surface area contributed by atoms with Crippen molar-refractivity contribution < 1.29 is 18.3 Å². The van der Waals surface area contributed by atoms with Gasteiger partial charge in [-0.1, -0.05) is 54.1 Å². The second kappa shape index (κ2) is 11.8. The number of aryl methyl sites for hydroxylation is 2. The fourth-order valence-corrected chi connectivity index (χ4v) is 6.50. The minimum absolute atomic E-state index is 0.109. The zero-order valence-corrected chi connectivity index (χ0v) is 25.0. The number of rotatable bonds is 6. The number of esters is 1. The molecule has 6 aromatic rings. The summed E-state index contributed by atoms with van der Waals surface area (Å²) >= 11 is 1.46. The summed E-state index contributed by atoms with van der Waals surface area (Å²) in [4.78, 5) is 13.1. The smallest absolute Gasteiger partial charge is 0.337 e. The number of benzene rings is 5. The van der Waals surface area contributed by atoms with Crippen molar-refractivity contribution in [2.75, 3.05) is 7.11 Å². The molecule has 0 atom stereocenters. The van der Waals surface area contributed by atoms with E-state index in [-0.39, 0.29) is 5.56 Å². The first-order valence-corrected chi connectivity index (χ1v) is 14.6. The Labute approximate surface area is 258 Å². The van der Waals surface area contributed by atoms with Crippen molar-refractivity contribution in [3.8, 4) is 39.6 Å². The lowest BCUT2D eigenvalue weighted by Crippen LogP contribution is -2.01. The first-order chi connectivity index (χ1) is 21.3. The summed E-state index contributed by atoms with van der Waals surface area (Å²) in [5.74, 6) is -1.49. The number of fused-ring (bicyclic) bond motifs is 1. The molecule has 0 N–H and O–H groups in total. The third-order valence-corrected chi connectivity index (χ3v) is 8.64. The van der Waals surface area contributed by atoms with Gasteiger partial charge in [0, 0.05) is 27.0 Å². The van der Waals surface area contributed by atoms with Crippen LogP contribution in [0.1, 0.15) is 27.0 Å². The van der Waals surface area contributed by atoms with E-state index in [1.807, 2.05) is 78.5 Å². The molecular weight excluding hydrogens is 574 g/mol. The number of hydrogen-bond acceptors (Lipinski definition) is 4. The van der Waals surface area contributed by atoms with Crippen molar-refractivity contribution in [2.24, 2.45) is 0 Å². The van der Waals surface area contributed by atoms with Gasteiger partial charge in [-0.15, -0.1) is 0 Å². The molecular formula is C37H26F2N2O2S. The van der Waals surface area contributed by atoms with Crippen LogP contribution < -0.4 is 0 Å². The maximum absolute atomic E-state index is 15.0. The summed E-state index contributed by atoms with van der Waals surface area (Å²) in [5, 5.41) is 10.6. The highest BCUT2D eigenvalue weighted by molar-refractivity contribution is 7.98. The van der Waals surface area contributed by atoms with Gasteiger partial charge >= 0.3 is 5.97 Å². The molecule has 0 saturated carbocycles. The molecule has 44 heavy (non-hydrogen) atoms. The molecule has 216 valence electrons. The number of nitrogens with zero attached hydrogens (tertiary/aromatic N) is 2. The molecule has 0 aliphatic heterocycles. The molecule has 4 nitrogen and oxygen atoms in total. The fourth-order valence-electron chi connectivity index (χ4n) is 5.48. The first kappa shape index (κ1) is 28.9. The zero-order valence-electron chi connectivity index (χ0n) is 24.2. The van der Waals surface area contributed by atoms with Gasteiger partial charge in [0.25, 0.3) is 0 Å². The molecule has 0 amide bonds. The number of carbonyl (C=O) groups excluding carboxylic acids is 1. The monoisotopic (exact) mass is 600 g/mol. The van der Waals surface area contributed by atoms with Crippen molar-refractivity contribution in [2.45, 2.75) is 18.7 Å². The predicted molar refractivity (Wildman–Crippen MR) is 171 cm³/mol. The number of nitriles is 1. The summed E-state index contributed by atoms with van der Waals surface area (Å²) in [5.41, 5.74) is 7.32. The van der Waals surface area contributed by atoms with Crippen LogP contribution in [0.25, 0.3) is 44.4 Å². The summed E-state index contributed by atoms with van der Waals surface area (Å²) in [6.45, 7) is 3.95. The SMILES string of the molecule is COC(=O)c1ccc(-c2cccc(-c3c(-c4cccc(F)c4C#N)c4cc(F)ccc4n3Sc3ccc(C)cc3)c2)c(C)c1. The number of methoxy groups -OCH3 is 1. The van der Waals surface area contributed by atoms with Gasteiger partial charge in [-0.25, -0.2) is 13.6 Å². The summed E-state index contributed by atoms with van der Waals surface area (Å²) in [6.07, 6.45) is 0. The van der Waals surface area contributed by atoms with Gasteiger partial charge < -0.3 is 4.74 Å². The van der Waals surface area contributed by atoms with E-state index in [2.05, 4.69) is 0 Å².